The average Bonchev–Trinajstić information content (AvgIpc) is 2.86. The second-order valence-corrected chi connectivity index (χ2v) is 9.65. The second kappa shape index (κ2) is 11.6. The maximum Gasteiger partial charge on any atom is 0.425 e. The predicted molar refractivity (Wildman–Crippen MR) is 132 cm³/mol. The third-order valence-electron chi connectivity index (χ3n) is 7.01. The van der Waals surface area contributed by atoms with Gasteiger partial charge in [-0.3, -0.25) is 0 Å². The molecule has 1 aliphatic rings. The van der Waals surface area contributed by atoms with Crippen LogP contribution in [-0.2, 0) is 6.42 Å². The van der Waals surface area contributed by atoms with Gasteiger partial charge in [0.1, 0.15) is 5.82 Å². The van der Waals surface area contributed by atoms with E-state index in [1.165, 1.54) is 23.3 Å². The van der Waals surface area contributed by atoms with Gasteiger partial charge in [0, 0.05) is 5.56 Å². The first-order chi connectivity index (χ1) is 18.1. The predicted octanol–water partition coefficient (Wildman–Crippen LogP) is 9.92. The van der Waals surface area contributed by atoms with Gasteiger partial charge in [0.2, 0.25) is 0 Å². The zero-order chi connectivity index (χ0) is 27.4. The number of rotatable bonds is 8. The summed E-state index contributed by atoms with van der Waals surface area (Å²) in [5.74, 6) is -4.80. The molecule has 1 nitrogen and oxygen atoms in total. The van der Waals surface area contributed by atoms with Gasteiger partial charge >= 0.3 is 6.11 Å². The van der Waals surface area contributed by atoms with Crippen molar-refractivity contribution in [2.75, 3.05) is 0 Å². The van der Waals surface area contributed by atoms with Crippen LogP contribution in [0.3, 0.4) is 0 Å². The van der Waals surface area contributed by atoms with Crippen LogP contribution in [-0.4, -0.2) is 6.11 Å². The lowest BCUT2D eigenvalue weighted by atomic mass is 9.76. The molecule has 1 saturated carbocycles. The Morgan fingerprint density at radius 2 is 1.37 bits per heavy atom. The fraction of sp³-hybridized carbons (Fsp3) is 0.333. The topological polar surface area (TPSA) is 9.23 Å². The van der Waals surface area contributed by atoms with Crippen molar-refractivity contribution in [3.05, 3.63) is 101 Å². The molecule has 3 aromatic rings. The van der Waals surface area contributed by atoms with Crippen LogP contribution in [0.25, 0.3) is 11.1 Å². The Bertz CT molecular complexity index is 1270. The Hall–Kier alpha value is -3.29. The molecule has 3 aromatic carbocycles. The Labute approximate surface area is 217 Å². The zero-order valence-electron chi connectivity index (χ0n) is 20.7. The van der Waals surface area contributed by atoms with E-state index in [1.807, 2.05) is 0 Å². The summed E-state index contributed by atoms with van der Waals surface area (Å²) in [6.07, 6.45) is -2.44. The van der Waals surface area contributed by atoms with E-state index in [-0.39, 0.29) is 17.0 Å². The number of aryl methyl sites for hydroxylation is 1. The van der Waals surface area contributed by atoms with Gasteiger partial charge in [-0.05, 0) is 84.4 Å². The molecular formula is C30H27F7O. The van der Waals surface area contributed by atoms with Gasteiger partial charge in [-0.15, -0.1) is 0 Å². The van der Waals surface area contributed by atoms with Crippen LogP contribution in [0, 0.1) is 17.5 Å². The molecule has 0 unspecified atom stereocenters. The molecule has 1 fully saturated rings. The SMILES string of the molecule is CCCc1ccc(C2CCC(c3ccc(-c4cc(F)c(OC(F)(F)C=C(F)F)c(F)c4)c(F)c3)CC2)cc1. The third kappa shape index (κ3) is 6.58. The van der Waals surface area contributed by atoms with Crippen LogP contribution < -0.4 is 4.74 Å². The van der Waals surface area contributed by atoms with Gasteiger partial charge < -0.3 is 4.74 Å². The monoisotopic (exact) mass is 536 g/mol. The largest absolute Gasteiger partial charge is 0.425 e. The van der Waals surface area contributed by atoms with E-state index in [9.17, 15) is 26.3 Å². The van der Waals surface area contributed by atoms with E-state index in [0.717, 1.165) is 44.1 Å². The quantitative estimate of drug-likeness (QED) is 0.260. The summed E-state index contributed by atoms with van der Waals surface area (Å²) < 4.78 is 98.7. The van der Waals surface area contributed by atoms with Crippen molar-refractivity contribution in [2.24, 2.45) is 0 Å². The summed E-state index contributed by atoms with van der Waals surface area (Å²) in [6, 6.07) is 14.4. The Morgan fingerprint density at radius 3 is 1.89 bits per heavy atom. The fourth-order valence-electron chi connectivity index (χ4n) is 5.13. The zero-order valence-corrected chi connectivity index (χ0v) is 20.7. The number of hydrogen-bond donors (Lipinski definition) is 0. The number of halogens is 7. The van der Waals surface area contributed by atoms with Crippen molar-refractivity contribution in [1.29, 1.82) is 0 Å². The van der Waals surface area contributed by atoms with E-state index < -0.39 is 41.5 Å². The number of ether oxygens (including phenoxy) is 1. The highest BCUT2D eigenvalue weighted by Crippen LogP contribution is 2.42. The van der Waals surface area contributed by atoms with Crippen molar-refractivity contribution < 1.29 is 35.5 Å². The first-order valence-corrected chi connectivity index (χ1v) is 12.5. The molecule has 0 atom stereocenters. The van der Waals surface area contributed by atoms with E-state index >= 15 is 4.39 Å². The van der Waals surface area contributed by atoms with Crippen LogP contribution in [0.2, 0.25) is 0 Å². The van der Waals surface area contributed by atoms with Crippen molar-refractivity contribution in [2.45, 2.75) is 63.4 Å². The van der Waals surface area contributed by atoms with E-state index in [4.69, 9.17) is 0 Å². The minimum atomic E-state index is -4.63. The van der Waals surface area contributed by atoms with Gasteiger partial charge in [-0.25, -0.2) is 13.2 Å². The Morgan fingerprint density at radius 1 is 0.816 bits per heavy atom. The highest BCUT2D eigenvalue weighted by atomic mass is 19.3. The Balaban J connectivity index is 1.46. The van der Waals surface area contributed by atoms with Crippen molar-refractivity contribution in [3.8, 4) is 16.9 Å². The standard InChI is InChI=1S/C30H27F7O/c1-2-3-18-4-6-19(7-5-18)20-8-10-21(11-9-20)22-12-13-24(25(31)14-22)23-15-26(32)29(27(33)16-23)38-30(36,37)17-28(34)35/h4-7,12-17,20-21H,2-3,8-11H2,1H3. The van der Waals surface area contributed by atoms with Gasteiger partial charge in [0.05, 0.1) is 6.08 Å². The molecule has 0 N–H and O–H groups in total. The number of benzene rings is 3. The molecule has 1 aliphatic carbocycles. The molecule has 0 aromatic heterocycles. The first-order valence-electron chi connectivity index (χ1n) is 12.5. The summed E-state index contributed by atoms with van der Waals surface area (Å²) in [7, 11) is 0. The molecule has 4 rings (SSSR count). The Kier molecular flexibility index (Phi) is 8.48. The van der Waals surface area contributed by atoms with E-state index in [2.05, 4.69) is 35.9 Å². The highest BCUT2D eigenvalue weighted by molar-refractivity contribution is 5.66. The summed E-state index contributed by atoms with van der Waals surface area (Å²) in [5.41, 5.74) is 3.06. The molecule has 0 heterocycles. The fourth-order valence-corrected chi connectivity index (χ4v) is 5.13. The van der Waals surface area contributed by atoms with Gasteiger partial charge in [0.15, 0.2) is 17.4 Å². The van der Waals surface area contributed by atoms with Crippen LogP contribution in [0.4, 0.5) is 30.7 Å². The maximum absolute atomic E-state index is 15.0. The number of hydrogen-bond acceptors (Lipinski definition) is 1. The third-order valence-corrected chi connectivity index (χ3v) is 7.01. The molecule has 0 bridgehead atoms. The molecule has 0 aliphatic heterocycles. The highest BCUT2D eigenvalue weighted by Gasteiger charge is 2.33. The molecule has 0 saturated heterocycles. The second-order valence-electron chi connectivity index (χ2n) is 9.65. The average molecular weight is 537 g/mol. The number of alkyl halides is 2. The minimum Gasteiger partial charge on any atom is -0.423 e. The lowest BCUT2D eigenvalue weighted by Gasteiger charge is -2.29. The smallest absolute Gasteiger partial charge is 0.423 e. The van der Waals surface area contributed by atoms with Crippen LogP contribution >= 0.6 is 0 Å². The van der Waals surface area contributed by atoms with Crippen LogP contribution in [0.5, 0.6) is 5.75 Å². The maximum atomic E-state index is 15.0. The summed E-state index contributed by atoms with van der Waals surface area (Å²) >= 11 is 0. The molecule has 0 spiro atoms. The van der Waals surface area contributed by atoms with Crippen molar-refractivity contribution >= 4 is 0 Å². The van der Waals surface area contributed by atoms with Crippen molar-refractivity contribution in [3.63, 3.8) is 0 Å². The molecule has 8 heteroatoms. The van der Waals surface area contributed by atoms with Gasteiger partial charge in [-0.2, -0.15) is 17.6 Å². The molecular weight excluding hydrogens is 509 g/mol. The van der Waals surface area contributed by atoms with Gasteiger partial charge in [0.25, 0.3) is 6.08 Å². The van der Waals surface area contributed by atoms with Crippen molar-refractivity contribution in [1.82, 2.24) is 0 Å². The van der Waals surface area contributed by atoms with Crippen LogP contribution in [0.1, 0.15) is 67.6 Å². The molecule has 0 radical (unpaired) electrons. The molecule has 0 amide bonds. The summed E-state index contributed by atoms with van der Waals surface area (Å²) in [5, 5.41) is 0. The summed E-state index contributed by atoms with van der Waals surface area (Å²) in [4.78, 5) is 0. The first kappa shape index (κ1) is 27.7. The lowest BCUT2D eigenvalue weighted by molar-refractivity contribution is -0.137. The lowest BCUT2D eigenvalue weighted by Crippen LogP contribution is -2.23. The summed E-state index contributed by atoms with van der Waals surface area (Å²) in [6.45, 7) is 2.15. The molecule has 202 valence electrons. The van der Waals surface area contributed by atoms with E-state index in [0.29, 0.717) is 18.1 Å². The van der Waals surface area contributed by atoms with E-state index in [1.54, 1.807) is 6.07 Å². The van der Waals surface area contributed by atoms with Crippen LogP contribution in [0.15, 0.2) is 66.8 Å². The normalized spacial score (nSPS) is 17.8. The van der Waals surface area contributed by atoms with Gasteiger partial charge in [-0.1, -0.05) is 49.7 Å². The molecule has 38 heavy (non-hydrogen) atoms. The minimum absolute atomic E-state index is 0.125.